The Hall–Kier alpha value is -1.82. The molecule has 0 saturated heterocycles. The fourth-order valence-corrected chi connectivity index (χ4v) is 4.64. The first-order chi connectivity index (χ1) is 11.2. The molecule has 1 amide bonds. The summed E-state index contributed by atoms with van der Waals surface area (Å²) in [5, 5.41) is 13.6. The fraction of sp³-hybridized carbons (Fsp3) is 0.308. The van der Waals surface area contributed by atoms with Crippen LogP contribution < -0.4 is 10.0 Å². The summed E-state index contributed by atoms with van der Waals surface area (Å²) in [6, 6.07) is 0.787. The molecular weight excluding hydrogens is 374 g/mol. The quantitative estimate of drug-likeness (QED) is 0.689. The van der Waals surface area contributed by atoms with Crippen LogP contribution in [0.1, 0.15) is 43.0 Å². The molecule has 0 radical (unpaired) electrons. The van der Waals surface area contributed by atoms with Crippen LogP contribution in [0, 0.1) is 6.92 Å². The van der Waals surface area contributed by atoms with E-state index in [0.29, 0.717) is 10.7 Å². The van der Waals surface area contributed by atoms with Crippen LogP contribution in [0.5, 0.6) is 0 Å². The van der Waals surface area contributed by atoms with Gasteiger partial charge in [0.05, 0.1) is 21.5 Å². The average molecular weight is 389 g/mol. The van der Waals surface area contributed by atoms with Crippen molar-refractivity contribution in [2.45, 2.75) is 24.8 Å². The Morgan fingerprint density at radius 3 is 2.58 bits per heavy atom. The minimum atomic E-state index is -3.60. The molecule has 0 aliphatic carbocycles. The van der Waals surface area contributed by atoms with Crippen molar-refractivity contribution < 1.29 is 23.1 Å². The number of sulfonamides is 1. The number of carboxylic acid groups (broad SMARTS) is 1. The van der Waals surface area contributed by atoms with Gasteiger partial charge in [0.2, 0.25) is 10.0 Å². The lowest BCUT2D eigenvalue weighted by Crippen LogP contribution is -2.26. The average Bonchev–Trinajstić information content (AvgIpc) is 3.14. The van der Waals surface area contributed by atoms with Crippen LogP contribution in [-0.2, 0) is 10.0 Å². The third kappa shape index (κ3) is 3.80. The summed E-state index contributed by atoms with van der Waals surface area (Å²) in [6.07, 6.45) is 0. The van der Waals surface area contributed by atoms with Gasteiger partial charge in [-0.1, -0.05) is 0 Å². The minimum Gasteiger partial charge on any atom is -0.477 e. The largest absolute Gasteiger partial charge is 0.477 e. The van der Waals surface area contributed by atoms with Gasteiger partial charge in [-0.3, -0.25) is 4.79 Å². The number of thiazole rings is 1. The molecule has 8 nitrogen and oxygen atoms in total. The molecule has 0 fully saturated rings. The highest BCUT2D eigenvalue weighted by atomic mass is 32.2. The van der Waals surface area contributed by atoms with Gasteiger partial charge < -0.3 is 10.4 Å². The summed E-state index contributed by atoms with van der Waals surface area (Å²) in [5.41, 5.74) is 0.391. The van der Waals surface area contributed by atoms with Gasteiger partial charge in [-0.05, 0) is 27.0 Å². The van der Waals surface area contributed by atoms with Crippen molar-refractivity contribution in [2.24, 2.45) is 0 Å². The van der Waals surface area contributed by atoms with Gasteiger partial charge in [0, 0.05) is 5.38 Å². The first-order valence-corrected chi connectivity index (χ1v) is 9.87. The zero-order valence-corrected chi connectivity index (χ0v) is 15.4. The monoisotopic (exact) mass is 389 g/mol. The number of aromatic carboxylic acids is 1. The SMILES string of the molecule is CNS(=O)(=O)c1csc(C(=O)NC(C)c2nc(C)c(C(=O)O)s2)c1. The number of amides is 1. The normalized spacial score (nSPS) is 12.8. The maximum atomic E-state index is 12.2. The lowest BCUT2D eigenvalue weighted by Gasteiger charge is -2.09. The van der Waals surface area contributed by atoms with E-state index >= 15 is 0 Å². The van der Waals surface area contributed by atoms with E-state index in [2.05, 4.69) is 15.0 Å². The lowest BCUT2D eigenvalue weighted by atomic mass is 10.3. The van der Waals surface area contributed by atoms with Crippen LogP contribution in [0.4, 0.5) is 0 Å². The second-order valence-corrected chi connectivity index (χ2v) is 8.65. The van der Waals surface area contributed by atoms with Crippen LogP contribution in [-0.4, -0.2) is 37.4 Å². The molecule has 130 valence electrons. The summed E-state index contributed by atoms with van der Waals surface area (Å²) >= 11 is 2.01. The molecule has 0 spiro atoms. The topological polar surface area (TPSA) is 125 Å². The predicted molar refractivity (Wildman–Crippen MR) is 90.3 cm³/mol. The highest BCUT2D eigenvalue weighted by molar-refractivity contribution is 7.89. The number of rotatable bonds is 6. The second-order valence-electron chi connectivity index (χ2n) is 4.82. The van der Waals surface area contributed by atoms with E-state index in [9.17, 15) is 18.0 Å². The molecule has 1 unspecified atom stereocenters. The van der Waals surface area contributed by atoms with E-state index in [-0.39, 0.29) is 14.6 Å². The molecular formula is C13H15N3O5S3. The van der Waals surface area contributed by atoms with Gasteiger partial charge in [0.1, 0.15) is 9.88 Å². The molecule has 2 aromatic heterocycles. The van der Waals surface area contributed by atoms with Gasteiger partial charge >= 0.3 is 5.97 Å². The number of carbonyl (C=O) groups excluding carboxylic acids is 1. The molecule has 0 bridgehead atoms. The fourth-order valence-electron chi connectivity index (χ4n) is 1.83. The number of hydrogen-bond donors (Lipinski definition) is 3. The maximum absolute atomic E-state index is 12.2. The number of hydrogen-bond acceptors (Lipinski definition) is 7. The third-order valence-corrected chi connectivity index (χ3v) is 6.90. The summed E-state index contributed by atoms with van der Waals surface area (Å²) < 4.78 is 25.5. The van der Waals surface area contributed by atoms with Crippen LogP contribution in [0.2, 0.25) is 0 Å². The Bertz CT molecular complexity index is 885. The van der Waals surface area contributed by atoms with Gasteiger partial charge in [-0.2, -0.15) is 0 Å². The Morgan fingerprint density at radius 2 is 2.04 bits per heavy atom. The van der Waals surface area contributed by atoms with E-state index < -0.39 is 27.9 Å². The highest BCUT2D eigenvalue weighted by Crippen LogP contribution is 2.25. The zero-order valence-electron chi connectivity index (χ0n) is 13.0. The summed E-state index contributed by atoms with van der Waals surface area (Å²) in [5.74, 6) is -1.51. The predicted octanol–water partition coefficient (Wildman–Crippen LogP) is 1.61. The molecule has 0 aromatic carbocycles. The molecule has 2 aromatic rings. The molecule has 0 aliphatic heterocycles. The van der Waals surface area contributed by atoms with Crippen molar-refractivity contribution in [1.82, 2.24) is 15.0 Å². The van der Waals surface area contributed by atoms with Crippen LogP contribution in [0.15, 0.2) is 16.3 Å². The van der Waals surface area contributed by atoms with Crippen molar-refractivity contribution in [3.8, 4) is 0 Å². The molecule has 1 atom stereocenters. The van der Waals surface area contributed by atoms with Crippen molar-refractivity contribution in [3.05, 3.63) is 31.9 Å². The first-order valence-electron chi connectivity index (χ1n) is 6.69. The summed E-state index contributed by atoms with van der Waals surface area (Å²) in [4.78, 5) is 27.8. The standard InChI is InChI=1S/C13H15N3O5S3/c1-6-10(13(18)19)23-12(16-6)7(2)15-11(17)9-4-8(5-22-9)24(20,21)14-3/h4-5,7,14H,1-3H3,(H,15,17)(H,18,19). The molecule has 11 heteroatoms. The van der Waals surface area contributed by atoms with Gasteiger partial charge in [0.25, 0.3) is 5.91 Å². The number of carboxylic acids is 1. The lowest BCUT2D eigenvalue weighted by molar-refractivity contribution is 0.0700. The number of aryl methyl sites for hydroxylation is 1. The number of carbonyl (C=O) groups is 2. The number of aromatic nitrogens is 1. The molecule has 2 heterocycles. The van der Waals surface area contributed by atoms with Crippen molar-refractivity contribution in [2.75, 3.05) is 7.05 Å². The van der Waals surface area contributed by atoms with Crippen LogP contribution in [0.25, 0.3) is 0 Å². The van der Waals surface area contributed by atoms with Crippen molar-refractivity contribution >= 4 is 44.6 Å². The minimum absolute atomic E-state index is 0.0195. The third-order valence-electron chi connectivity index (χ3n) is 3.10. The zero-order chi connectivity index (χ0) is 18.1. The smallest absolute Gasteiger partial charge is 0.347 e. The van der Waals surface area contributed by atoms with Crippen molar-refractivity contribution in [3.63, 3.8) is 0 Å². The second kappa shape index (κ2) is 6.97. The van der Waals surface area contributed by atoms with E-state index in [1.165, 1.54) is 18.5 Å². The first kappa shape index (κ1) is 18.5. The number of thiophene rings is 1. The van der Waals surface area contributed by atoms with Gasteiger partial charge in [-0.25, -0.2) is 22.9 Å². The Kier molecular flexibility index (Phi) is 5.38. The van der Waals surface area contributed by atoms with E-state index in [0.717, 1.165) is 22.7 Å². The molecule has 3 N–H and O–H groups in total. The van der Waals surface area contributed by atoms with E-state index in [1.807, 2.05) is 0 Å². The molecule has 0 saturated carbocycles. The van der Waals surface area contributed by atoms with Crippen LogP contribution in [0.3, 0.4) is 0 Å². The number of nitrogens with zero attached hydrogens (tertiary/aromatic N) is 1. The van der Waals surface area contributed by atoms with Crippen molar-refractivity contribution in [1.29, 1.82) is 0 Å². The van der Waals surface area contributed by atoms with Gasteiger partial charge in [0.15, 0.2) is 0 Å². The Labute approximate surface area is 146 Å². The van der Waals surface area contributed by atoms with E-state index in [1.54, 1.807) is 13.8 Å². The summed E-state index contributed by atoms with van der Waals surface area (Å²) in [7, 11) is -2.31. The van der Waals surface area contributed by atoms with E-state index in [4.69, 9.17) is 5.11 Å². The Balaban J connectivity index is 2.15. The highest BCUT2D eigenvalue weighted by Gasteiger charge is 2.21. The number of nitrogens with one attached hydrogen (secondary N) is 2. The molecule has 0 aliphatic rings. The molecule has 2 rings (SSSR count). The van der Waals surface area contributed by atoms with Crippen LogP contribution >= 0.6 is 22.7 Å². The Morgan fingerprint density at radius 1 is 1.38 bits per heavy atom. The maximum Gasteiger partial charge on any atom is 0.347 e. The van der Waals surface area contributed by atoms with Gasteiger partial charge in [-0.15, -0.1) is 22.7 Å². The molecule has 24 heavy (non-hydrogen) atoms. The summed E-state index contributed by atoms with van der Waals surface area (Å²) in [6.45, 7) is 3.27.